The quantitative estimate of drug-likeness (QED) is 0.814. The molecule has 0 aromatic carbocycles. The van der Waals surface area contributed by atoms with Crippen LogP contribution >= 0.6 is 0 Å². The Kier molecular flexibility index (Phi) is 4.68. The van der Waals surface area contributed by atoms with E-state index in [-0.39, 0.29) is 18.1 Å². The van der Waals surface area contributed by atoms with E-state index >= 15 is 0 Å². The van der Waals surface area contributed by atoms with Gasteiger partial charge in [0.2, 0.25) is 5.91 Å². The minimum atomic E-state index is -0.217. The third kappa shape index (κ3) is 2.92. The summed E-state index contributed by atoms with van der Waals surface area (Å²) in [6, 6.07) is 8.42. The number of pyridine rings is 1. The van der Waals surface area contributed by atoms with Crippen molar-refractivity contribution in [2.75, 3.05) is 37.7 Å². The van der Waals surface area contributed by atoms with Gasteiger partial charge < -0.3 is 19.1 Å². The fraction of sp³-hybridized carbons (Fsp3) is 0.524. The summed E-state index contributed by atoms with van der Waals surface area (Å²) in [6.07, 6.45) is 4.84. The van der Waals surface area contributed by atoms with Crippen molar-refractivity contribution in [3.63, 3.8) is 0 Å². The Morgan fingerprint density at radius 1 is 1.33 bits per heavy atom. The van der Waals surface area contributed by atoms with Gasteiger partial charge in [0.1, 0.15) is 12.1 Å². The molecule has 4 rings (SSSR count). The number of carbonyl (C=O) groups excluding carboxylic acids is 1. The second-order valence-electron chi connectivity index (χ2n) is 7.85. The monoisotopic (exact) mass is 368 g/mol. The van der Waals surface area contributed by atoms with Crippen LogP contribution in [0.2, 0.25) is 0 Å². The average molecular weight is 368 g/mol. The highest BCUT2D eigenvalue weighted by Gasteiger charge is 2.50. The summed E-state index contributed by atoms with van der Waals surface area (Å²) in [6.45, 7) is 9.49. The normalized spacial score (nSPS) is 21.0. The van der Waals surface area contributed by atoms with Crippen LogP contribution in [0.5, 0.6) is 0 Å². The van der Waals surface area contributed by atoms with Gasteiger partial charge in [-0.25, -0.2) is 4.98 Å². The topological polar surface area (TPSA) is 50.6 Å². The maximum absolute atomic E-state index is 12.6. The molecule has 0 bridgehead atoms. The van der Waals surface area contributed by atoms with Crippen LogP contribution < -0.4 is 4.90 Å². The van der Waals surface area contributed by atoms with Gasteiger partial charge in [0.15, 0.2) is 5.82 Å². The number of fused-ring (bicyclic) bond motifs is 4. The fourth-order valence-corrected chi connectivity index (χ4v) is 4.45. The Labute approximate surface area is 160 Å². The van der Waals surface area contributed by atoms with Gasteiger partial charge in [-0.3, -0.25) is 4.79 Å². The van der Waals surface area contributed by atoms with Crippen LogP contribution in [0.1, 0.15) is 32.9 Å². The molecule has 1 amide bonds. The zero-order chi connectivity index (χ0) is 19.0. The molecule has 1 saturated heterocycles. The highest BCUT2D eigenvalue weighted by atomic mass is 16.5. The van der Waals surface area contributed by atoms with Gasteiger partial charge in [0.05, 0.1) is 11.4 Å². The fourth-order valence-electron chi connectivity index (χ4n) is 4.45. The number of rotatable bonds is 5. The van der Waals surface area contributed by atoms with Crippen LogP contribution in [-0.2, 0) is 15.1 Å². The van der Waals surface area contributed by atoms with E-state index in [2.05, 4.69) is 52.7 Å². The molecule has 4 heterocycles. The molecule has 0 unspecified atom stereocenters. The van der Waals surface area contributed by atoms with Crippen LogP contribution in [-0.4, -0.2) is 53.2 Å². The third-order valence-corrected chi connectivity index (χ3v) is 5.61. The number of hydrogen-bond acceptors (Lipinski definition) is 4. The van der Waals surface area contributed by atoms with Gasteiger partial charge in [0, 0.05) is 38.6 Å². The van der Waals surface area contributed by atoms with E-state index in [1.807, 2.05) is 24.1 Å². The molecule has 1 fully saturated rings. The van der Waals surface area contributed by atoms with Gasteiger partial charge in [-0.2, -0.15) is 0 Å². The van der Waals surface area contributed by atoms with Crippen molar-refractivity contribution in [1.82, 2.24) is 14.5 Å². The van der Waals surface area contributed by atoms with E-state index in [1.54, 1.807) is 0 Å². The first kappa shape index (κ1) is 18.0. The largest absolute Gasteiger partial charge is 0.372 e. The molecule has 2 aromatic rings. The predicted molar refractivity (Wildman–Crippen MR) is 105 cm³/mol. The number of likely N-dealkylation sites (tertiary alicyclic amines) is 1. The van der Waals surface area contributed by atoms with Gasteiger partial charge in [-0.1, -0.05) is 13.8 Å². The van der Waals surface area contributed by atoms with E-state index in [9.17, 15) is 4.79 Å². The average Bonchev–Trinajstić information content (AvgIpc) is 3.31. The van der Waals surface area contributed by atoms with Crippen molar-refractivity contribution in [2.24, 2.45) is 5.92 Å². The Bertz CT molecular complexity index is 831. The molecule has 2 aliphatic heterocycles. The summed E-state index contributed by atoms with van der Waals surface area (Å²) >= 11 is 0. The number of carbonyl (C=O) groups is 1. The summed E-state index contributed by atoms with van der Waals surface area (Å²) in [5.74, 6) is 1.56. The molecule has 6 heteroatoms. The lowest BCUT2D eigenvalue weighted by Crippen LogP contribution is -2.54. The molecular formula is C21H28N4O2. The van der Waals surface area contributed by atoms with Crippen molar-refractivity contribution < 1.29 is 9.53 Å². The molecule has 2 aromatic heterocycles. The molecule has 27 heavy (non-hydrogen) atoms. The van der Waals surface area contributed by atoms with Gasteiger partial charge in [-0.05, 0) is 43.5 Å². The molecule has 0 radical (unpaired) electrons. The molecule has 0 N–H and O–H groups in total. The van der Waals surface area contributed by atoms with E-state index in [4.69, 9.17) is 4.74 Å². The van der Waals surface area contributed by atoms with E-state index in [1.165, 1.54) is 5.69 Å². The van der Waals surface area contributed by atoms with Crippen LogP contribution in [0.25, 0.3) is 5.82 Å². The van der Waals surface area contributed by atoms with Crippen molar-refractivity contribution in [1.29, 1.82) is 0 Å². The maximum Gasteiger partial charge on any atom is 0.248 e. The Balaban J connectivity index is 1.76. The number of aromatic nitrogens is 2. The van der Waals surface area contributed by atoms with Crippen molar-refractivity contribution >= 4 is 11.6 Å². The molecule has 0 saturated carbocycles. The van der Waals surface area contributed by atoms with Crippen LogP contribution in [0, 0.1) is 5.92 Å². The SMILES string of the molecule is CCOCC(=O)N1CC[C@]2(C1)c1cccn1-c1ncccc1N2CC(C)C. The maximum atomic E-state index is 12.6. The smallest absolute Gasteiger partial charge is 0.248 e. The molecule has 144 valence electrons. The summed E-state index contributed by atoms with van der Waals surface area (Å²) in [5.41, 5.74) is 2.15. The Hall–Kier alpha value is -2.34. The zero-order valence-corrected chi connectivity index (χ0v) is 16.4. The van der Waals surface area contributed by atoms with Crippen LogP contribution in [0.15, 0.2) is 36.7 Å². The zero-order valence-electron chi connectivity index (χ0n) is 16.4. The first-order valence-corrected chi connectivity index (χ1v) is 9.83. The molecule has 1 spiro atoms. The van der Waals surface area contributed by atoms with Gasteiger partial charge >= 0.3 is 0 Å². The highest BCUT2D eigenvalue weighted by molar-refractivity contribution is 5.78. The lowest BCUT2D eigenvalue weighted by molar-refractivity contribution is -0.135. The Morgan fingerprint density at radius 3 is 2.96 bits per heavy atom. The van der Waals surface area contributed by atoms with Crippen LogP contribution in [0.3, 0.4) is 0 Å². The first-order valence-electron chi connectivity index (χ1n) is 9.83. The van der Waals surface area contributed by atoms with Crippen LogP contribution in [0.4, 0.5) is 5.69 Å². The van der Waals surface area contributed by atoms with E-state index in [0.717, 1.165) is 31.0 Å². The highest BCUT2D eigenvalue weighted by Crippen LogP contribution is 2.47. The molecule has 2 aliphatic rings. The van der Waals surface area contributed by atoms with Crippen molar-refractivity contribution in [2.45, 2.75) is 32.7 Å². The summed E-state index contributed by atoms with van der Waals surface area (Å²) in [5, 5.41) is 0. The third-order valence-electron chi connectivity index (χ3n) is 5.61. The molecule has 6 nitrogen and oxygen atoms in total. The summed E-state index contributed by atoms with van der Waals surface area (Å²) in [7, 11) is 0. The number of nitrogens with zero attached hydrogens (tertiary/aromatic N) is 4. The number of anilines is 1. The molecule has 1 atom stereocenters. The standard InChI is InChI=1S/C21H28N4O2/c1-4-27-14-19(26)23-12-9-21(15-23)18-8-6-11-24(18)20-17(7-5-10-22-20)25(21)13-16(2)3/h5-8,10-11,16H,4,9,12-15H2,1-3H3/t21-/m0/s1. The second-order valence-corrected chi connectivity index (χ2v) is 7.85. The lowest BCUT2D eigenvalue weighted by Gasteiger charge is -2.47. The van der Waals surface area contributed by atoms with E-state index < -0.39 is 0 Å². The van der Waals surface area contributed by atoms with Crippen molar-refractivity contribution in [3.8, 4) is 5.82 Å². The van der Waals surface area contributed by atoms with Gasteiger partial charge in [-0.15, -0.1) is 0 Å². The number of hydrogen-bond donors (Lipinski definition) is 0. The second kappa shape index (κ2) is 7.00. The summed E-state index contributed by atoms with van der Waals surface area (Å²) in [4.78, 5) is 21.7. The first-order chi connectivity index (χ1) is 13.1. The number of amides is 1. The van der Waals surface area contributed by atoms with Crippen molar-refractivity contribution in [3.05, 3.63) is 42.4 Å². The lowest BCUT2D eigenvalue weighted by atomic mass is 9.88. The minimum Gasteiger partial charge on any atom is -0.372 e. The van der Waals surface area contributed by atoms with E-state index in [0.29, 0.717) is 19.1 Å². The summed E-state index contributed by atoms with van der Waals surface area (Å²) < 4.78 is 7.56. The Morgan fingerprint density at radius 2 is 2.19 bits per heavy atom. The van der Waals surface area contributed by atoms with Gasteiger partial charge in [0.25, 0.3) is 0 Å². The molecular weight excluding hydrogens is 340 g/mol. The minimum absolute atomic E-state index is 0.0771. The predicted octanol–water partition coefficient (Wildman–Crippen LogP) is 2.81. The molecule has 0 aliphatic carbocycles. The number of ether oxygens (including phenoxy) is 1.